The van der Waals surface area contributed by atoms with E-state index in [4.69, 9.17) is 9.47 Å². The molecule has 5 heteroatoms. The highest BCUT2D eigenvalue weighted by molar-refractivity contribution is 5.79. The van der Waals surface area contributed by atoms with Crippen LogP contribution in [0.5, 0.6) is 11.5 Å². The second-order valence-electron chi connectivity index (χ2n) is 5.37. The molecule has 1 aromatic rings. The van der Waals surface area contributed by atoms with Crippen molar-refractivity contribution in [2.45, 2.75) is 26.8 Å². The van der Waals surface area contributed by atoms with Gasteiger partial charge in [0.1, 0.15) is 11.5 Å². The molecule has 0 aromatic heterocycles. The number of benzene rings is 1. The smallest absolute Gasteiger partial charge is 0.319 e. The highest BCUT2D eigenvalue weighted by Crippen LogP contribution is 2.37. The predicted molar refractivity (Wildman–Crippen MR) is 81.5 cm³/mol. The molecule has 2 amide bonds. The van der Waals surface area contributed by atoms with Gasteiger partial charge in [0.15, 0.2) is 0 Å². The molecule has 2 N–H and O–H groups in total. The van der Waals surface area contributed by atoms with Crippen LogP contribution < -0.4 is 20.1 Å². The molecular weight excluding hydrogens is 268 g/mol. The van der Waals surface area contributed by atoms with Gasteiger partial charge in [-0.05, 0) is 36.6 Å². The number of hydrogen-bond acceptors (Lipinski definition) is 3. The molecule has 0 saturated carbocycles. The standard InChI is InChI=1S/C16H22N2O3/c1-9(2)14-10(3)17-16(19)18-15(14)12-8-11(20-4)6-7-13(12)21-5/h6-9,15H,1-5H3,(H2,17,18,19). The van der Waals surface area contributed by atoms with E-state index in [-0.39, 0.29) is 12.1 Å². The summed E-state index contributed by atoms with van der Waals surface area (Å²) in [6.07, 6.45) is 0. The van der Waals surface area contributed by atoms with Crippen molar-refractivity contribution < 1.29 is 14.3 Å². The fourth-order valence-electron chi connectivity index (χ4n) is 2.78. The van der Waals surface area contributed by atoms with Gasteiger partial charge in [0, 0.05) is 11.3 Å². The highest BCUT2D eigenvalue weighted by atomic mass is 16.5. The van der Waals surface area contributed by atoms with Crippen LogP contribution in [0, 0.1) is 5.92 Å². The molecule has 2 rings (SSSR count). The number of hydrogen-bond donors (Lipinski definition) is 2. The quantitative estimate of drug-likeness (QED) is 0.896. The summed E-state index contributed by atoms with van der Waals surface area (Å²) in [5.41, 5.74) is 2.93. The molecule has 0 aliphatic carbocycles. The van der Waals surface area contributed by atoms with Crippen LogP contribution in [0.1, 0.15) is 32.4 Å². The Labute approximate surface area is 125 Å². The summed E-state index contributed by atoms with van der Waals surface area (Å²) in [7, 11) is 3.25. The largest absolute Gasteiger partial charge is 0.497 e. The van der Waals surface area contributed by atoms with E-state index in [1.54, 1.807) is 14.2 Å². The Morgan fingerprint density at radius 3 is 2.48 bits per heavy atom. The molecule has 1 aromatic carbocycles. The van der Waals surface area contributed by atoms with Gasteiger partial charge >= 0.3 is 6.03 Å². The van der Waals surface area contributed by atoms with Crippen LogP contribution >= 0.6 is 0 Å². The average Bonchev–Trinajstić information content (AvgIpc) is 2.45. The van der Waals surface area contributed by atoms with E-state index in [1.165, 1.54) is 0 Å². The van der Waals surface area contributed by atoms with Gasteiger partial charge in [-0.3, -0.25) is 0 Å². The topological polar surface area (TPSA) is 59.6 Å². The van der Waals surface area contributed by atoms with Crippen molar-refractivity contribution in [3.63, 3.8) is 0 Å². The third-order valence-corrected chi connectivity index (χ3v) is 3.69. The first kappa shape index (κ1) is 15.2. The third kappa shape index (κ3) is 2.96. The first-order valence-corrected chi connectivity index (χ1v) is 6.98. The summed E-state index contributed by atoms with van der Waals surface area (Å²) < 4.78 is 10.7. The van der Waals surface area contributed by atoms with E-state index in [9.17, 15) is 4.79 Å². The van der Waals surface area contributed by atoms with Crippen LogP contribution in [-0.4, -0.2) is 20.3 Å². The third-order valence-electron chi connectivity index (χ3n) is 3.69. The molecule has 0 saturated heterocycles. The van der Waals surface area contributed by atoms with Crippen molar-refractivity contribution in [3.05, 3.63) is 35.0 Å². The molecule has 1 unspecified atom stereocenters. The Kier molecular flexibility index (Phi) is 4.40. The molecule has 0 spiro atoms. The minimum absolute atomic E-state index is 0.202. The minimum Gasteiger partial charge on any atom is -0.497 e. The van der Waals surface area contributed by atoms with Gasteiger partial charge in [-0.25, -0.2) is 4.79 Å². The van der Waals surface area contributed by atoms with Gasteiger partial charge in [-0.2, -0.15) is 0 Å². The minimum atomic E-state index is -0.219. The van der Waals surface area contributed by atoms with E-state index in [1.807, 2.05) is 25.1 Å². The van der Waals surface area contributed by atoms with Gasteiger partial charge in [0.25, 0.3) is 0 Å². The maximum absolute atomic E-state index is 11.9. The van der Waals surface area contributed by atoms with Gasteiger partial charge < -0.3 is 20.1 Å². The van der Waals surface area contributed by atoms with Crippen LogP contribution in [0.15, 0.2) is 29.5 Å². The molecule has 1 heterocycles. The highest BCUT2D eigenvalue weighted by Gasteiger charge is 2.30. The molecule has 0 bridgehead atoms. The Morgan fingerprint density at radius 2 is 1.90 bits per heavy atom. The lowest BCUT2D eigenvalue weighted by Gasteiger charge is -2.32. The molecule has 21 heavy (non-hydrogen) atoms. The van der Waals surface area contributed by atoms with Gasteiger partial charge in [0.2, 0.25) is 0 Å². The molecule has 1 aliphatic rings. The summed E-state index contributed by atoms with van der Waals surface area (Å²) in [6.45, 7) is 6.14. The molecule has 114 valence electrons. The lowest BCUT2D eigenvalue weighted by molar-refractivity contribution is 0.237. The molecule has 5 nitrogen and oxygen atoms in total. The van der Waals surface area contributed by atoms with Crippen LogP contribution in [0.3, 0.4) is 0 Å². The number of rotatable bonds is 4. The Hall–Kier alpha value is -2.17. The van der Waals surface area contributed by atoms with E-state index < -0.39 is 0 Å². The first-order valence-electron chi connectivity index (χ1n) is 6.98. The molecule has 1 atom stereocenters. The summed E-state index contributed by atoms with van der Waals surface area (Å²) in [6, 6.07) is 5.19. The van der Waals surface area contributed by atoms with Crippen molar-refractivity contribution >= 4 is 6.03 Å². The zero-order valence-electron chi connectivity index (χ0n) is 13.1. The average molecular weight is 290 g/mol. The predicted octanol–water partition coefficient (Wildman–Crippen LogP) is 2.99. The number of ether oxygens (including phenoxy) is 2. The van der Waals surface area contributed by atoms with E-state index in [0.717, 1.165) is 28.3 Å². The number of amides is 2. The maximum Gasteiger partial charge on any atom is 0.319 e. The second-order valence-corrected chi connectivity index (χ2v) is 5.37. The summed E-state index contributed by atoms with van der Waals surface area (Å²) in [5.74, 6) is 1.76. The number of allylic oxidation sites excluding steroid dienone is 1. The second kappa shape index (κ2) is 6.08. The zero-order valence-corrected chi connectivity index (χ0v) is 13.1. The molecule has 0 radical (unpaired) electrons. The number of carbonyl (C=O) groups is 1. The van der Waals surface area contributed by atoms with Crippen molar-refractivity contribution in [3.8, 4) is 11.5 Å². The van der Waals surface area contributed by atoms with Gasteiger partial charge in [-0.15, -0.1) is 0 Å². The summed E-state index contributed by atoms with van der Waals surface area (Å²) in [5, 5.41) is 5.81. The number of urea groups is 1. The fourth-order valence-corrected chi connectivity index (χ4v) is 2.78. The maximum atomic E-state index is 11.9. The van der Waals surface area contributed by atoms with E-state index in [2.05, 4.69) is 24.5 Å². The summed E-state index contributed by atoms with van der Waals surface area (Å²) in [4.78, 5) is 11.9. The van der Waals surface area contributed by atoms with Crippen molar-refractivity contribution in [2.75, 3.05) is 14.2 Å². The number of methoxy groups -OCH3 is 2. The Balaban J connectivity index is 2.57. The van der Waals surface area contributed by atoms with Crippen molar-refractivity contribution in [1.82, 2.24) is 10.6 Å². The molecule has 1 aliphatic heterocycles. The number of carbonyl (C=O) groups excluding carboxylic acids is 1. The monoisotopic (exact) mass is 290 g/mol. The normalized spacial score (nSPS) is 18.4. The Bertz CT molecular complexity index is 579. The lowest BCUT2D eigenvalue weighted by atomic mass is 9.87. The van der Waals surface area contributed by atoms with Gasteiger partial charge in [-0.1, -0.05) is 13.8 Å². The van der Waals surface area contributed by atoms with Crippen LogP contribution in [0.2, 0.25) is 0 Å². The lowest BCUT2D eigenvalue weighted by Crippen LogP contribution is -2.44. The fraction of sp³-hybridized carbons (Fsp3) is 0.438. The Morgan fingerprint density at radius 1 is 1.19 bits per heavy atom. The van der Waals surface area contributed by atoms with Crippen LogP contribution in [-0.2, 0) is 0 Å². The molecular formula is C16H22N2O3. The first-order chi connectivity index (χ1) is 9.97. The van der Waals surface area contributed by atoms with Crippen molar-refractivity contribution in [2.24, 2.45) is 5.92 Å². The SMILES string of the molecule is COc1ccc(OC)c(C2NC(=O)NC(C)=C2C(C)C)c1. The number of nitrogens with one attached hydrogen (secondary N) is 2. The van der Waals surface area contributed by atoms with Gasteiger partial charge in [0.05, 0.1) is 20.3 Å². The van der Waals surface area contributed by atoms with Crippen LogP contribution in [0.4, 0.5) is 4.79 Å². The van der Waals surface area contributed by atoms with Crippen molar-refractivity contribution in [1.29, 1.82) is 0 Å². The van der Waals surface area contributed by atoms with Crippen LogP contribution in [0.25, 0.3) is 0 Å². The van der Waals surface area contributed by atoms with E-state index >= 15 is 0 Å². The summed E-state index contributed by atoms with van der Waals surface area (Å²) >= 11 is 0. The van der Waals surface area contributed by atoms with E-state index in [0.29, 0.717) is 5.92 Å². The zero-order chi connectivity index (χ0) is 15.6. The molecule has 0 fully saturated rings.